The second-order valence-electron chi connectivity index (χ2n) is 4.76. The number of pyridine rings is 1. The maximum absolute atomic E-state index is 12.7. The molecular weight excluding hydrogens is 281 g/mol. The largest absolute Gasteiger partial charge is 0.416 e. The SMILES string of the molecule is Cc1ccn2c(-c3ccc(C(F)(F)F)cc3N)nnc2c1. The third kappa shape index (κ3) is 2.31. The second-order valence-corrected chi connectivity index (χ2v) is 4.76. The molecule has 3 aromatic rings. The highest BCUT2D eigenvalue weighted by atomic mass is 19.4. The van der Waals surface area contributed by atoms with Crippen molar-refractivity contribution in [2.45, 2.75) is 13.1 Å². The van der Waals surface area contributed by atoms with Crippen molar-refractivity contribution in [1.29, 1.82) is 0 Å². The highest BCUT2D eigenvalue weighted by molar-refractivity contribution is 5.73. The number of aryl methyl sites for hydroxylation is 1. The Kier molecular flexibility index (Phi) is 2.86. The van der Waals surface area contributed by atoms with Crippen LogP contribution in [0.5, 0.6) is 0 Å². The maximum Gasteiger partial charge on any atom is 0.416 e. The highest BCUT2D eigenvalue weighted by Crippen LogP contribution is 2.34. The Morgan fingerprint density at radius 2 is 1.86 bits per heavy atom. The van der Waals surface area contributed by atoms with Gasteiger partial charge in [-0.05, 0) is 42.8 Å². The fourth-order valence-corrected chi connectivity index (χ4v) is 2.12. The molecule has 0 aliphatic rings. The average Bonchev–Trinajstić information content (AvgIpc) is 2.80. The molecule has 0 aliphatic carbocycles. The van der Waals surface area contributed by atoms with Gasteiger partial charge >= 0.3 is 6.18 Å². The molecule has 0 amide bonds. The van der Waals surface area contributed by atoms with Crippen molar-refractivity contribution in [1.82, 2.24) is 14.6 Å². The lowest BCUT2D eigenvalue weighted by Crippen LogP contribution is -2.06. The van der Waals surface area contributed by atoms with Gasteiger partial charge in [-0.25, -0.2) is 0 Å². The smallest absolute Gasteiger partial charge is 0.398 e. The van der Waals surface area contributed by atoms with Gasteiger partial charge in [0.05, 0.1) is 5.56 Å². The molecule has 0 atom stereocenters. The topological polar surface area (TPSA) is 56.2 Å². The molecule has 108 valence electrons. The van der Waals surface area contributed by atoms with E-state index in [9.17, 15) is 13.2 Å². The molecule has 0 bridgehead atoms. The molecule has 2 N–H and O–H groups in total. The van der Waals surface area contributed by atoms with Crippen LogP contribution in [0.1, 0.15) is 11.1 Å². The van der Waals surface area contributed by atoms with E-state index in [1.807, 2.05) is 19.1 Å². The standard InChI is InChI=1S/C14H11F3N4/c1-8-4-5-21-12(6-8)19-20-13(21)10-3-2-9(7-11(10)18)14(15,16)17/h2-7H,18H2,1H3. The lowest BCUT2D eigenvalue weighted by Gasteiger charge is -2.10. The summed E-state index contributed by atoms with van der Waals surface area (Å²) in [5, 5.41) is 8.01. The van der Waals surface area contributed by atoms with Crippen LogP contribution in [-0.4, -0.2) is 14.6 Å². The number of rotatable bonds is 1. The van der Waals surface area contributed by atoms with Crippen LogP contribution in [0.15, 0.2) is 36.5 Å². The Morgan fingerprint density at radius 1 is 1.10 bits per heavy atom. The summed E-state index contributed by atoms with van der Waals surface area (Å²) in [5.41, 5.74) is 7.03. The molecule has 2 heterocycles. The summed E-state index contributed by atoms with van der Waals surface area (Å²) in [6.45, 7) is 1.92. The van der Waals surface area contributed by atoms with E-state index >= 15 is 0 Å². The van der Waals surface area contributed by atoms with Gasteiger partial charge in [0.2, 0.25) is 0 Å². The summed E-state index contributed by atoms with van der Waals surface area (Å²) in [6, 6.07) is 6.90. The normalized spacial score (nSPS) is 12.0. The molecule has 0 aliphatic heterocycles. The zero-order valence-corrected chi connectivity index (χ0v) is 11.0. The van der Waals surface area contributed by atoms with Gasteiger partial charge in [0.15, 0.2) is 11.5 Å². The third-order valence-electron chi connectivity index (χ3n) is 3.19. The van der Waals surface area contributed by atoms with Gasteiger partial charge in [-0.2, -0.15) is 13.2 Å². The molecule has 4 nitrogen and oxygen atoms in total. The van der Waals surface area contributed by atoms with Crippen LogP contribution in [0.4, 0.5) is 18.9 Å². The summed E-state index contributed by atoms with van der Waals surface area (Å²) >= 11 is 0. The van der Waals surface area contributed by atoms with Crippen molar-refractivity contribution < 1.29 is 13.2 Å². The van der Waals surface area contributed by atoms with E-state index in [4.69, 9.17) is 5.73 Å². The quantitative estimate of drug-likeness (QED) is 0.700. The molecule has 21 heavy (non-hydrogen) atoms. The molecule has 0 fully saturated rings. The highest BCUT2D eigenvalue weighted by Gasteiger charge is 2.31. The maximum atomic E-state index is 12.7. The van der Waals surface area contributed by atoms with Crippen LogP contribution in [0.2, 0.25) is 0 Å². The molecular formula is C14H11F3N4. The molecule has 0 saturated carbocycles. The number of hydrogen-bond donors (Lipinski definition) is 1. The molecule has 0 radical (unpaired) electrons. The van der Waals surface area contributed by atoms with E-state index in [0.717, 1.165) is 17.7 Å². The van der Waals surface area contributed by atoms with Crippen LogP contribution in [0.25, 0.3) is 17.0 Å². The fourth-order valence-electron chi connectivity index (χ4n) is 2.12. The van der Waals surface area contributed by atoms with E-state index in [1.165, 1.54) is 6.07 Å². The van der Waals surface area contributed by atoms with Crippen LogP contribution < -0.4 is 5.73 Å². The van der Waals surface area contributed by atoms with Crippen molar-refractivity contribution in [2.24, 2.45) is 0 Å². The van der Waals surface area contributed by atoms with Gasteiger partial charge in [0.1, 0.15) is 0 Å². The first-order valence-corrected chi connectivity index (χ1v) is 6.15. The van der Waals surface area contributed by atoms with E-state index in [-0.39, 0.29) is 5.69 Å². The van der Waals surface area contributed by atoms with Gasteiger partial charge < -0.3 is 5.73 Å². The number of fused-ring (bicyclic) bond motifs is 1. The average molecular weight is 292 g/mol. The minimum absolute atomic E-state index is 0.0136. The van der Waals surface area contributed by atoms with Crippen LogP contribution in [0.3, 0.4) is 0 Å². The summed E-state index contributed by atoms with van der Waals surface area (Å²) < 4.78 is 39.6. The molecule has 1 aromatic carbocycles. The molecule has 2 aromatic heterocycles. The second kappa shape index (κ2) is 4.47. The van der Waals surface area contributed by atoms with Gasteiger partial charge in [-0.15, -0.1) is 10.2 Å². The number of hydrogen-bond acceptors (Lipinski definition) is 3. The summed E-state index contributed by atoms with van der Waals surface area (Å²) in [6.07, 6.45) is -2.66. The molecule has 7 heteroatoms. The molecule has 0 spiro atoms. The first kappa shape index (κ1) is 13.4. The predicted molar refractivity (Wildman–Crippen MR) is 72.6 cm³/mol. The molecule has 3 rings (SSSR count). The van der Waals surface area contributed by atoms with Gasteiger partial charge in [-0.1, -0.05) is 0 Å². The zero-order valence-electron chi connectivity index (χ0n) is 11.0. The van der Waals surface area contributed by atoms with Crippen molar-refractivity contribution in [2.75, 3.05) is 5.73 Å². The van der Waals surface area contributed by atoms with E-state index in [2.05, 4.69) is 10.2 Å². The van der Waals surface area contributed by atoms with E-state index < -0.39 is 11.7 Å². The zero-order chi connectivity index (χ0) is 15.2. The van der Waals surface area contributed by atoms with Crippen LogP contribution >= 0.6 is 0 Å². The Balaban J connectivity index is 2.15. The Bertz CT molecular complexity index is 821. The molecule has 0 saturated heterocycles. The molecule has 0 unspecified atom stereocenters. The first-order valence-electron chi connectivity index (χ1n) is 6.15. The van der Waals surface area contributed by atoms with Crippen LogP contribution in [0, 0.1) is 6.92 Å². The first-order chi connectivity index (χ1) is 9.86. The van der Waals surface area contributed by atoms with E-state index in [1.54, 1.807) is 10.6 Å². The lowest BCUT2D eigenvalue weighted by atomic mass is 10.1. The lowest BCUT2D eigenvalue weighted by molar-refractivity contribution is -0.137. The van der Waals surface area contributed by atoms with Crippen molar-refractivity contribution in [3.8, 4) is 11.4 Å². The van der Waals surface area contributed by atoms with Gasteiger partial charge in [-0.3, -0.25) is 4.40 Å². The monoisotopic (exact) mass is 292 g/mol. The van der Waals surface area contributed by atoms with Crippen molar-refractivity contribution in [3.05, 3.63) is 47.7 Å². The number of nitrogens with two attached hydrogens (primary N) is 1. The summed E-state index contributed by atoms with van der Waals surface area (Å²) in [7, 11) is 0. The third-order valence-corrected chi connectivity index (χ3v) is 3.19. The summed E-state index contributed by atoms with van der Waals surface area (Å²) in [4.78, 5) is 0. The van der Waals surface area contributed by atoms with E-state index in [0.29, 0.717) is 17.0 Å². The number of benzene rings is 1. The van der Waals surface area contributed by atoms with Crippen LogP contribution in [-0.2, 0) is 6.18 Å². The number of alkyl halides is 3. The Morgan fingerprint density at radius 3 is 2.52 bits per heavy atom. The number of aromatic nitrogens is 3. The van der Waals surface area contributed by atoms with Gasteiger partial charge in [0.25, 0.3) is 0 Å². The Hall–Kier alpha value is -2.57. The predicted octanol–water partition coefficient (Wildman–Crippen LogP) is 3.31. The number of nitrogens with zero attached hydrogens (tertiary/aromatic N) is 3. The van der Waals surface area contributed by atoms with Crippen molar-refractivity contribution in [3.63, 3.8) is 0 Å². The fraction of sp³-hybridized carbons (Fsp3) is 0.143. The number of halogens is 3. The van der Waals surface area contributed by atoms with Gasteiger partial charge in [0, 0.05) is 17.4 Å². The minimum Gasteiger partial charge on any atom is -0.398 e. The Labute approximate surface area is 118 Å². The number of anilines is 1. The van der Waals surface area contributed by atoms with Crippen molar-refractivity contribution >= 4 is 11.3 Å². The number of nitrogen functional groups attached to an aromatic ring is 1. The minimum atomic E-state index is -4.42. The summed E-state index contributed by atoms with van der Waals surface area (Å²) in [5.74, 6) is 0.413.